The fourth-order valence-electron chi connectivity index (χ4n) is 4.32. The van der Waals surface area contributed by atoms with Crippen LogP contribution in [0.4, 0.5) is 5.82 Å². The van der Waals surface area contributed by atoms with Crippen molar-refractivity contribution < 1.29 is 14.3 Å². The molecule has 0 aliphatic heterocycles. The number of methoxy groups -OCH3 is 1. The molecular formula is C26H30N4O3. The monoisotopic (exact) mass is 446 g/mol. The highest BCUT2D eigenvalue weighted by Crippen LogP contribution is 2.26. The van der Waals surface area contributed by atoms with Crippen LogP contribution in [0.1, 0.15) is 37.2 Å². The summed E-state index contributed by atoms with van der Waals surface area (Å²) in [5, 5.41) is 7.07. The van der Waals surface area contributed by atoms with Crippen LogP contribution in [0.2, 0.25) is 0 Å². The van der Waals surface area contributed by atoms with Gasteiger partial charge in [-0.1, -0.05) is 50.2 Å². The second-order valence-electron chi connectivity index (χ2n) is 8.82. The maximum absolute atomic E-state index is 12.9. The predicted molar refractivity (Wildman–Crippen MR) is 128 cm³/mol. The number of esters is 1. The number of amides is 1. The molecule has 33 heavy (non-hydrogen) atoms. The Balaban J connectivity index is 1.51. The van der Waals surface area contributed by atoms with Gasteiger partial charge >= 0.3 is 5.97 Å². The molecule has 2 atom stereocenters. The zero-order valence-electron chi connectivity index (χ0n) is 19.3. The Kier molecular flexibility index (Phi) is 6.87. The molecule has 7 nitrogen and oxygen atoms in total. The first-order valence-corrected chi connectivity index (χ1v) is 11.4. The highest BCUT2D eigenvalue weighted by atomic mass is 16.5. The Morgan fingerprint density at radius 2 is 1.79 bits per heavy atom. The lowest BCUT2D eigenvalue weighted by Crippen LogP contribution is -2.36. The maximum Gasteiger partial charge on any atom is 0.328 e. The number of hydrogen-bond donors (Lipinski definition) is 2. The molecule has 0 saturated carbocycles. The van der Waals surface area contributed by atoms with E-state index >= 15 is 0 Å². The van der Waals surface area contributed by atoms with Gasteiger partial charge in [0.1, 0.15) is 11.9 Å². The van der Waals surface area contributed by atoms with Crippen molar-refractivity contribution >= 4 is 28.6 Å². The van der Waals surface area contributed by atoms with Crippen molar-refractivity contribution in [3.8, 4) is 0 Å². The molecule has 1 amide bonds. The first-order chi connectivity index (χ1) is 16.0. The van der Waals surface area contributed by atoms with Gasteiger partial charge in [0.05, 0.1) is 19.2 Å². The van der Waals surface area contributed by atoms with E-state index in [-0.39, 0.29) is 30.3 Å². The maximum atomic E-state index is 12.9. The summed E-state index contributed by atoms with van der Waals surface area (Å²) in [5.74, 6) is 0.672. The topological polar surface area (TPSA) is 93.2 Å². The molecule has 2 aromatic carbocycles. The van der Waals surface area contributed by atoms with E-state index in [2.05, 4.69) is 32.7 Å². The molecule has 1 unspecified atom stereocenters. The summed E-state index contributed by atoms with van der Waals surface area (Å²) in [5.41, 5.74) is 3.33. The van der Waals surface area contributed by atoms with Crippen LogP contribution in [0.5, 0.6) is 0 Å². The van der Waals surface area contributed by atoms with Crippen molar-refractivity contribution in [2.24, 2.45) is 11.8 Å². The van der Waals surface area contributed by atoms with E-state index < -0.39 is 6.04 Å². The molecule has 3 aromatic rings. The summed E-state index contributed by atoms with van der Waals surface area (Å²) in [6.45, 7) is 4.11. The number of nitrogens with one attached hydrogen (secondary N) is 2. The molecule has 1 aliphatic rings. The zero-order chi connectivity index (χ0) is 23.4. The lowest BCUT2D eigenvalue weighted by Gasteiger charge is -2.24. The third kappa shape index (κ3) is 5.13. The third-order valence-corrected chi connectivity index (χ3v) is 6.20. The van der Waals surface area contributed by atoms with Crippen LogP contribution >= 0.6 is 0 Å². The lowest BCUT2D eigenvalue weighted by molar-refractivity contribution is -0.142. The van der Waals surface area contributed by atoms with E-state index in [1.165, 1.54) is 18.2 Å². The van der Waals surface area contributed by atoms with E-state index in [0.717, 1.165) is 30.2 Å². The van der Waals surface area contributed by atoms with Crippen LogP contribution in [0.25, 0.3) is 10.9 Å². The average molecular weight is 447 g/mol. The van der Waals surface area contributed by atoms with Gasteiger partial charge in [0.15, 0.2) is 5.82 Å². The third-order valence-electron chi connectivity index (χ3n) is 6.20. The molecule has 0 spiro atoms. The second-order valence-corrected chi connectivity index (χ2v) is 8.82. The van der Waals surface area contributed by atoms with Gasteiger partial charge in [0.2, 0.25) is 5.91 Å². The van der Waals surface area contributed by atoms with E-state index in [9.17, 15) is 9.59 Å². The number of anilines is 1. The fraction of sp³-hybridized carbons (Fsp3) is 0.385. The molecule has 4 rings (SSSR count). The number of para-hydroxylation sites is 1. The number of benzene rings is 2. The van der Waals surface area contributed by atoms with Crippen LogP contribution in [0.3, 0.4) is 0 Å². The second kappa shape index (κ2) is 9.98. The number of hydrogen-bond acceptors (Lipinski definition) is 6. The molecule has 7 heteroatoms. The normalized spacial score (nSPS) is 16.2. The molecule has 2 N–H and O–H groups in total. The van der Waals surface area contributed by atoms with Crippen LogP contribution in [0.15, 0.2) is 48.5 Å². The smallest absolute Gasteiger partial charge is 0.328 e. The van der Waals surface area contributed by atoms with Crippen molar-refractivity contribution in [1.82, 2.24) is 15.3 Å². The van der Waals surface area contributed by atoms with Gasteiger partial charge in [-0.3, -0.25) is 4.79 Å². The average Bonchev–Trinajstić information content (AvgIpc) is 2.84. The van der Waals surface area contributed by atoms with E-state index in [1.807, 2.05) is 50.2 Å². The Bertz CT molecular complexity index is 1160. The summed E-state index contributed by atoms with van der Waals surface area (Å²) in [4.78, 5) is 34.4. The standard InChI is InChI=1S/C26H30N4O3/c1-16(2)23(26(32)33-3)30-24-20-10-6-7-11-21(20)28-22(29-24)15-27-25(31)19-13-12-17-8-4-5-9-18(17)14-19/h4-11,16,19,23H,12-15H2,1-3H3,(H,27,31)(H,28,29,30)/t19?,23-/m0/s1. The van der Waals surface area contributed by atoms with E-state index in [4.69, 9.17) is 4.74 Å². The van der Waals surface area contributed by atoms with Crippen molar-refractivity contribution in [2.75, 3.05) is 12.4 Å². The van der Waals surface area contributed by atoms with Gasteiger partial charge in [0.25, 0.3) is 0 Å². The van der Waals surface area contributed by atoms with Crippen molar-refractivity contribution in [3.05, 3.63) is 65.5 Å². The van der Waals surface area contributed by atoms with Gasteiger partial charge in [-0.25, -0.2) is 14.8 Å². The molecule has 0 saturated heterocycles. The molecule has 1 aromatic heterocycles. The van der Waals surface area contributed by atoms with Crippen molar-refractivity contribution in [3.63, 3.8) is 0 Å². The van der Waals surface area contributed by atoms with Gasteiger partial charge in [0, 0.05) is 11.3 Å². The summed E-state index contributed by atoms with van der Waals surface area (Å²) in [7, 11) is 1.38. The minimum absolute atomic E-state index is 0.00325. The number of ether oxygens (including phenoxy) is 1. The Morgan fingerprint density at radius 3 is 2.55 bits per heavy atom. The highest BCUT2D eigenvalue weighted by molar-refractivity contribution is 5.91. The Labute approximate surface area is 194 Å². The summed E-state index contributed by atoms with van der Waals surface area (Å²) < 4.78 is 4.96. The minimum atomic E-state index is -0.543. The minimum Gasteiger partial charge on any atom is -0.467 e. The predicted octanol–water partition coefficient (Wildman–Crippen LogP) is 3.66. The van der Waals surface area contributed by atoms with Crippen LogP contribution in [0, 0.1) is 11.8 Å². The quantitative estimate of drug-likeness (QED) is 0.538. The van der Waals surface area contributed by atoms with E-state index in [0.29, 0.717) is 11.6 Å². The Morgan fingerprint density at radius 1 is 1.06 bits per heavy atom. The Hall–Kier alpha value is -3.48. The number of rotatable bonds is 7. The van der Waals surface area contributed by atoms with E-state index in [1.54, 1.807) is 0 Å². The molecule has 0 radical (unpaired) electrons. The van der Waals surface area contributed by atoms with Gasteiger partial charge in [-0.2, -0.15) is 0 Å². The molecule has 1 aliphatic carbocycles. The number of carbonyl (C=O) groups is 2. The van der Waals surface area contributed by atoms with Crippen molar-refractivity contribution in [1.29, 1.82) is 0 Å². The molecule has 0 fully saturated rings. The van der Waals surface area contributed by atoms with Crippen molar-refractivity contribution in [2.45, 2.75) is 45.7 Å². The van der Waals surface area contributed by atoms with Crippen LogP contribution < -0.4 is 10.6 Å². The van der Waals surface area contributed by atoms with Crippen LogP contribution in [-0.4, -0.2) is 35.0 Å². The SMILES string of the molecule is COC(=O)[C@@H](Nc1nc(CNC(=O)C2CCc3ccccc3C2)nc2ccccc12)C(C)C. The molecule has 1 heterocycles. The number of carbonyl (C=O) groups excluding carboxylic acids is 2. The lowest BCUT2D eigenvalue weighted by atomic mass is 9.83. The number of aromatic nitrogens is 2. The first kappa shape index (κ1) is 22.7. The molecule has 172 valence electrons. The summed E-state index contributed by atoms with van der Waals surface area (Å²) in [6, 6.07) is 15.4. The number of nitrogens with zero attached hydrogens (tertiary/aromatic N) is 2. The first-order valence-electron chi connectivity index (χ1n) is 11.4. The highest BCUT2D eigenvalue weighted by Gasteiger charge is 2.26. The molecule has 0 bridgehead atoms. The summed E-state index contributed by atoms with van der Waals surface area (Å²) >= 11 is 0. The fourth-order valence-corrected chi connectivity index (χ4v) is 4.32. The number of fused-ring (bicyclic) bond motifs is 2. The zero-order valence-corrected chi connectivity index (χ0v) is 19.3. The molecular weight excluding hydrogens is 416 g/mol. The van der Waals surface area contributed by atoms with Gasteiger partial charge in [-0.15, -0.1) is 0 Å². The summed E-state index contributed by atoms with van der Waals surface area (Å²) in [6.07, 6.45) is 2.50. The number of aryl methyl sites for hydroxylation is 1. The van der Waals surface area contributed by atoms with Gasteiger partial charge < -0.3 is 15.4 Å². The van der Waals surface area contributed by atoms with Gasteiger partial charge in [-0.05, 0) is 48.4 Å². The van der Waals surface area contributed by atoms with Crippen LogP contribution in [-0.2, 0) is 33.7 Å². The largest absolute Gasteiger partial charge is 0.467 e.